The summed E-state index contributed by atoms with van der Waals surface area (Å²) in [5.74, 6) is -2.13. The number of thioether (sulfide) groups is 1. The second-order valence-electron chi connectivity index (χ2n) is 5.98. The maximum Gasteiger partial charge on any atom is 0.288 e. The molecule has 2 aromatic rings. The first-order valence-corrected chi connectivity index (χ1v) is 10.2. The van der Waals surface area contributed by atoms with Crippen LogP contribution in [0.2, 0.25) is 0 Å². The van der Waals surface area contributed by atoms with Gasteiger partial charge in [-0.3, -0.25) is 4.79 Å². The number of carbonyl (C=O) groups excluding carboxylic acids is 1. The monoisotopic (exact) mass is 432 g/mol. The molecule has 0 saturated heterocycles. The van der Waals surface area contributed by atoms with Gasteiger partial charge in [0.05, 0.1) is 13.2 Å². The Hall–Kier alpha value is -3.05. The van der Waals surface area contributed by atoms with Crippen LogP contribution >= 0.6 is 11.8 Å². The van der Waals surface area contributed by atoms with E-state index in [2.05, 4.69) is 5.32 Å². The predicted molar refractivity (Wildman–Crippen MR) is 114 cm³/mol. The number of para-hydroxylation sites is 1. The van der Waals surface area contributed by atoms with Gasteiger partial charge in [-0.2, -0.15) is 14.0 Å². The Morgan fingerprint density at radius 1 is 1.20 bits per heavy atom. The van der Waals surface area contributed by atoms with Gasteiger partial charge in [0.25, 0.3) is 11.7 Å². The largest absolute Gasteiger partial charge is 0.490 e. The molecule has 2 aromatic carbocycles. The van der Waals surface area contributed by atoms with Gasteiger partial charge in [-0.05, 0) is 49.8 Å². The van der Waals surface area contributed by atoms with Crippen molar-refractivity contribution < 1.29 is 23.0 Å². The van der Waals surface area contributed by atoms with Gasteiger partial charge in [-0.25, -0.2) is 0 Å². The van der Waals surface area contributed by atoms with Gasteiger partial charge in [0.15, 0.2) is 11.5 Å². The molecule has 8 heteroatoms. The normalized spacial score (nSPS) is 11.1. The van der Waals surface area contributed by atoms with E-state index in [4.69, 9.17) is 9.47 Å². The van der Waals surface area contributed by atoms with Crippen LogP contribution in [0.1, 0.15) is 25.8 Å². The Balaban J connectivity index is 2.25. The number of carbonyl (C=O) groups is 1. The number of rotatable bonds is 10. The number of hydrogen-bond donors (Lipinski definition) is 1. The lowest BCUT2D eigenvalue weighted by Crippen LogP contribution is -2.13. The third-order valence-corrected chi connectivity index (χ3v) is 4.48. The lowest BCUT2D eigenvalue weighted by molar-refractivity contribution is -0.112. The van der Waals surface area contributed by atoms with E-state index in [0.29, 0.717) is 52.6 Å². The highest BCUT2D eigenvalue weighted by molar-refractivity contribution is 7.99. The van der Waals surface area contributed by atoms with Crippen LogP contribution in [0.3, 0.4) is 0 Å². The summed E-state index contributed by atoms with van der Waals surface area (Å²) >= 11 is 0.416. The van der Waals surface area contributed by atoms with Crippen LogP contribution in [0.25, 0.3) is 6.08 Å². The van der Waals surface area contributed by atoms with Gasteiger partial charge in [-0.1, -0.05) is 30.8 Å². The Morgan fingerprint density at radius 2 is 1.93 bits per heavy atom. The van der Waals surface area contributed by atoms with E-state index in [-0.39, 0.29) is 5.57 Å². The molecule has 0 unspecified atom stereocenters. The molecular weight excluding hydrogens is 410 g/mol. The lowest BCUT2D eigenvalue weighted by Gasteiger charge is -2.14. The average Bonchev–Trinajstić information content (AvgIpc) is 2.72. The van der Waals surface area contributed by atoms with Crippen molar-refractivity contribution in [3.63, 3.8) is 0 Å². The van der Waals surface area contributed by atoms with E-state index < -0.39 is 11.7 Å². The summed E-state index contributed by atoms with van der Waals surface area (Å²) in [4.78, 5) is 12.9. The number of nitriles is 1. The molecule has 0 atom stereocenters. The maximum atomic E-state index is 12.5. The molecule has 30 heavy (non-hydrogen) atoms. The molecule has 1 N–H and O–H groups in total. The molecule has 0 bridgehead atoms. The summed E-state index contributed by atoms with van der Waals surface area (Å²) in [7, 11) is 0. The Morgan fingerprint density at radius 3 is 2.53 bits per heavy atom. The van der Waals surface area contributed by atoms with Gasteiger partial charge < -0.3 is 14.8 Å². The molecule has 0 heterocycles. The average molecular weight is 432 g/mol. The van der Waals surface area contributed by atoms with Crippen LogP contribution in [0.15, 0.2) is 52.9 Å². The zero-order valence-corrected chi connectivity index (χ0v) is 17.5. The Bertz CT molecular complexity index is 925. The molecule has 2 rings (SSSR count). The zero-order chi connectivity index (χ0) is 21.9. The van der Waals surface area contributed by atoms with E-state index in [1.165, 1.54) is 30.3 Å². The molecule has 0 aromatic heterocycles. The highest BCUT2D eigenvalue weighted by Crippen LogP contribution is 2.33. The summed E-state index contributed by atoms with van der Waals surface area (Å²) in [6.07, 6.45) is 2.22. The fraction of sp³-hybridized carbons (Fsp3) is 0.273. The first kappa shape index (κ1) is 23.2. The number of nitrogens with zero attached hydrogens (tertiary/aromatic N) is 1. The summed E-state index contributed by atoms with van der Waals surface area (Å²) in [6.45, 7) is 4.73. The smallest absolute Gasteiger partial charge is 0.288 e. The van der Waals surface area contributed by atoms with Crippen molar-refractivity contribution in [1.29, 1.82) is 5.26 Å². The van der Waals surface area contributed by atoms with Crippen molar-refractivity contribution in [2.45, 2.75) is 30.9 Å². The minimum absolute atomic E-state index is 0.129. The van der Waals surface area contributed by atoms with Gasteiger partial charge in [0.2, 0.25) is 0 Å². The third-order valence-electron chi connectivity index (χ3n) is 3.76. The Labute approximate surface area is 178 Å². The molecule has 0 aliphatic rings. The zero-order valence-electron chi connectivity index (χ0n) is 16.7. The summed E-state index contributed by atoms with van der Waals surface area (Å²) in [5, 5.41) is 12.1. The maximum absolute atomic E-state index is 12.5. The van der Waals surface area contributed by atoms with E-state index in [9.17, 15) is 18.8 Å². The van der Waals surface area contributed by atoms with Gasteiger partial charge in [-0.15, -0.1) is 0 Å². The SMILES string of the molecule is CCCOc1c(/C=C(\C#N)C(=O)Nc2ccc(SC(F)F)cc2)cccc1OCC. The van der Waals surface area contributed by atoms with Crippen LogP contribution in [0, 0.1) is 11.3 Å². The first-order chi connectivity index (χ1) is 14.5. The molecule has 5 nitrogen and oxygen atoms in total. The third kappa shape index (κ3) is 6.78. The fourth-order valence-electron chi connectivity index (χ4n) is 2.50. The highest BCUT2D eigenvalue weighted by atomic mass is 32.2. The van der Waals surface area contributed by atoms with Crippen molar-refractivity contribution in [2.75, 3.05) is 18.5 Å². The molecule has 1 amide bonds. The van der Waals surface area contributed by atoms with Crippen molar-refractivity contribution in [2.24, 2.45) is 0 Å². The number of halogens is 2. The molecule has 0 spiro atoms. The lowest BCUT2D eigenvalue weighted by atomic mass is 10.1. The molecule has 0 radical (unpaired) electrons. The number of amides is 1. The first-order valence-electron chi connectivity index (χ1n) is 9.35. The molecule has 158 valence electrons. The van der Waals surface area contributed by atoms with E-state index in [1.54, 1.807) is 18.2 Å². The van der Waals surface area contributed by atoms with Crippen LogP contribution in [0.4, 0.5) is 14.5 Å². The number of hydrogen-bond acceptors (Lipinski definition) is 5. The number of anilines is 1. The van der Waals surface area contributed by atoms with Crippen molar-refractivity contribution >= 4 is 29.4 Å². The van der Waals surface area contributed by atoms with Crippen LogP contribution < -0.4 is 14.8 Å². The summed E-state index contributed by atoms with van der Waals surface area (Å²) in [6, 6.07) is 13.1. The molecule has 0 aliphatic carbocycles. The number of nitrogens with one attached hydrogen (secondary N) is 1. The van der Waals surface area contributed by atoms with E-state index >= 15 is 0 Å². The fourth-order valence-corrected chi connectivity index (χ4v) is 3.00. The van der Waals surface area contributed by atoms with Crippen molar-refractivity contribution in [3.8, 4) is 17.6 Å². The van der Waals surface area contributed by atoms with Crippen molar-refractivity contribution in [3.05, 3.63) is 53.6 Å². The summed E-state index contributed by atoms with van der Waals surface area (Å²) in [5.41, 5.74) is 0.811. The molecule has 0 saturated carbocycles. The van der Waals surface area contributed by atoms with E-state index in [1.807, 2.05) is 19.9 Å². The standard InChI is InChI=1S/C22H22F2N2O3S/c1-3-12-29-20-15(6-5-7-19(20)28-4-2)13-16(14-25)21(27)26-17-8-10-18(11-9-17)30-22(23)24/h5-11,13,22H,3-4,12H2,1-2H3,(H,26,27)/b16-13+. The Kier molecular flexibility index (Phi) is 9.16. The quantitative estimate of drug-likeness (QED) is 0.295. The van der Waals surface area contributed by atoms with Crippen LogP contribution in [-0.2, 0) is 4.79 Å². The van der Waals surface area contributed by atoms with Crippen LogP contribution in [-0.4, -0.2) is 24.9 Å². The van der Waals surface area contributed by atoms with Crippen LogP contribution in [0.5, 0.6) is 11.5 Å². The molecule has 0 aliphatic heterocycles. The number of benzene rings is 2. The van der Waals surface area contributed by atoms with Gasteiger partial charge in [0, 0.05) is 16.1 Å². The summed E-state index contributed by atoms with van der Waals surface area (Å²) < 4.78 is 36.2. The minimum atomic E-state index is -2.52. The second kappa shape index (κ2) is 11.8. The minimum Gasteiger partial charge on any atom is -0.490 e. The van der Waals surface area contributed by atoms with Crippen molar-refractivity contribution in [1.82, 2.24) is 0 Å². The number of ether oxygens (including phenoxy) is 2. The highest BCUT2D eigenvalue weighted by Gasteiger charge is 2.15. The predicted octanol–water partition coefficient (Wildman–Crippen LogP) is 5.73. The van der Waals surface area contributed by atoms with Gasteiger partial charge >= 0.3 is 0 Å². The second-order valence-corrected chi connectivity index (χ2v) is 7.05. The van der Waals surface area contributed by atoms with E-state index in [0.717, 1.165) is 6.42 Å². The molecular formula is C22H22F2N2O3S. The van der Waals surface area contributed by atoms with Gasteiger partial charge in [0.1, 0.15) is 11.6 Å². The molecule has 0 fully saturated rings. The topological polar surface area (TPSA) is 71.3 Å². The number of alkyl halides is 2.